The molecular formula is C23H26N4O4. The van der Waals surface area contributed by atoms with Crippen molar-refractivity contribution in [2.75, 3.05) is 33.2 Å². The van der Waals surface area contributed by atoms with Gasteiger partial charge in [-0.3, -0.25) is 4.68 Å². The minimum absolute atomic E-state index is 0.0596. The highest BCUT2D eigenvalue weighted by atomic mass is 16.5. The number of aromatic nitrogens is 2. The summed E-state index contributed by atoms with van der Waals surface area (Å²) in [6, 6.07) is 11.5. The van der Waals surface area contributed by atoms with Crippen LogP contribution in [0.2, 0.25) is 0 Å². The van der Waals surface area contributed by atoms with Gasteiger partial charge in [-0.25, -0.2) is 4.79 Å². The zero-order chi connectivity index (χ0) is 22.0. The molecule has 0 saturated carbocycles. The zero-order valence-electron chi connectivity index (χ0n) is 18.1. The van der Waals surface area contributed by atoms with Gasteiger partial charge in [0.05, 0.1) is 33.2 Å². The average Bonchev–Trinajstić information content (AvgIpc) is 3.23. The summed E-state index contributed by atoms with van der Waals surface area (Å²) in [5, 5.41) is 7.29. The molecule has 0 spiro atoms. The Morgan fingerprint density at radius 2 is 1.81 bits per heavy atom. The monoisotopic (exact) mass is 422 g/mol. The van der Waals surface area contributed by atoms with Gasteiger partial charge in [0, 0.05) is 44.4 Å². The number of fused-ring (bicyclic) bond motifs is 1. The number of carbonyl (C=O) groups excluding carboxylic acids is 1. The normalized spacial score (nSPS) is 15.2. The molecule has 1 aliphatic rings. The summed E-state index contributed by atoms with van der Waals surface area (Å²) in [6.45, 7) is 1.09. The summed E-state index contributed by atoms with van der Waals surface area (Å²) in [4.78, 5) is 15.0. The molecule has 1 aliphatic heterocycles. The van der Waals surface area contributed by atoms with Crippen molar-refractivity contribution in [3.05, 3.63) is 65.5 Å². The van der Waals surface area contributed by atoms with Crippen LogP contribution in [0.1, 0.15) is 22.6 Å². The Morgan fingerprint density at radius 3 is 2.42 bits per heavy atom. The van der Waals surface area contributed by atoms with E-state index in [1.807, 2.05) is 36.5 Å². The van der Waals surface area contributed by atoms with E-state index in [1.165, 1.54) is 5.56 Å². The maximum Gasteiger partial charge on any atom is 0.322 e. The zero-order valence-corrected chi connectivity index (χ0v) is 18.1. The smallest absolute Gasteiger partial charge is 0.322 e. The van der Waals surface area contributed by atoms with Gasteiger partial charge in [-0.1, -0.05) is 24.3 Å². The van der Waals surface area contributed by atoms with Crippen LogP contribution in [0.25, 0.3) is 0 Å². The average molecular weight is 422 g/mol. The van der Waals surface area contributed by atoms with Crippen LogP contribution in [-0.2, 0) is 13.6 Å². The van der Waals surface area contributed by atoms with Crippen LogP contribution in [0, 0.1) is 0 Å². The van der Waals surface area contributed by atoms with Gasteiger partial charge in [-0.15, -0.1) is 0 Å². The minimum Gasteiger partial charge on any atom is -0.493 e. The highest BCUT2D eigenvalue weighted by molar-refractivity contribution is 5.90. The van der Waals surface area contributed by atoms with Crippen LogP contribution in [0.3, 0.4) is 0 Å². The molecule has 8 heteroatoms. The first-order chi connectivity index (χ1) is 15.0. The molecule has 4 rings (SSSR count). The standard InChI is InChI=1S/C23H26N4O4/c1-26-12-16(11-24-26)19-14-27(13-15-7-5-6-8-18(15)19)23(28)25-17-9-20(29-2)22(31-4)21(10-17)30-3/h5-12,19H,13-14H2,1-4H3,(H,25,28). The second kappa shape index (κ2) is 8.59. The van der Waals surface area contributed by atoms with Gasteiger partial charge in [-0.05, 0) is 16.7 Å². The van der Waals surface area contributed by atoms with E-state index >= 15 is 0 Å². The van der Waals surface area contributed by atoms with Crippen LogP contribution in [0.5, 0.6) is 17.2 Å². The van der Waals surface area contributed by atoms with Crippen molar-refractivity contribution in [3.63, 3.8) is 0 Å². The quantitative estimate of drug-likeness (QED) is 0.680. The third-order valence-corrected chi connectivity index (χ3v) is 5.53. The van der Waals surface area contributed by atoms with E-state index < -0.39 is 0 Å². The summed E-state index contributed by atoms with van der Waals surface area (Å²) >= 11 is 0. The minimum atomic E-state index is -0.197. The Bertz CT molecular complexity index is 1070. The van der Waals surface area contributed by atoms with Crippen molar-refractivity contribution >= 4 is 11.7 Å². The molecule has 0 fully saturated rings. The fraction of sp³-hybridized carbons (Fsp3) is 0.304. The Kier molecular flexibility index (Phi) is 5.70. The van der Waals surface area contributed by atoms with E-state index in [9.17, 15) is 4.79 Å². The molecule has 162 valence electrons. The number of methoxy groups -OCH3 is 3. The van der Waals surface area contributed by atoms with Crippen LogP contribution in [0.4, 0.5) is 10.5 Å². The molecule has 0 bridgehead atoms. The lowest BCUT2D eigenvalue weighted by Crippen LogP contribution is -2.41. The Labute approximate surface area is 181 Å². The number of ether oxygens (including phenoxy) is 3. The Balaban J connectivity index is 1.61. The Morgan fingerprint density at radius 1 is 1.10 bits per heavy atom. The van der Waals surface area contributed by atoms with Gasteiger partial charge in [0.25, 0.3) is 0 Å². The number of aryl methyl sites for hydroxylation is 1. The molecule has 1 atom stereocenters. The molecule has 2 amide bonds. The van der Waals surface area contributed by atoms with E-state index in [0.717, 1.165) is 11.1 Å². The number of amides is 2. The molecule has 2 aromatic carbocycles. The first kappa shape index (κ1) is 20.6. The second-order valence-electron chi connectivity index (χ2n) is 7.42. The largest absolute Gasteiger partial charge is 0.493 e. The van der Waals surface area contributed by atoms with Crippen molar-refractivity contribution in [3.8, 4) is 17.2 Å². The van der Waals surface area contributed by atoms with E-state index in [0.29, 0.717) is 36.0 Å². The van der Waals surface area contributed by atoms with Gasteiger partial charge in [0.1, 0.15) is 0 Å². The van der Waals surface area contributed by atoms with E-state index in [4.69, 9.17) is 14.2 Å². The molecule has 2 heterocycles. The van der Waals surface area contributed by atoms with Crippen molar-refractivity contribution in [2.45, 2.75) is 12.5 Å². The predicted octanol–water partition coefficient (Wildman–Crippen LogP) is 3.63. The molecular weight excluding hydrogens is 396 g/mol. The van der Waals surface area contributed by atoms with E-state index in [1.54, 1.807) is 38.1 Å². The van der Waals surface area contributed by atoms with E-state index in [2.05, 4.69) is 22.5 Å². The lowest BCUT2D eigenvalue weighted by molar-refractivity contribution is 0.203. The highest BCUT2D eigenvalue weighted by Gasteiger charge is 2.30. The molecule has 3 aromatic rings. The van der Waals surface area contributed by atoms with Crippen LogP contribution >= 0.6 is 0 Å². The number of urea groups is 1. The second-order valence-corrected chi connectivity index (χ2v) is 7.42. The first-order valence-electron chi connectivity index (χ1n) is 9.96. The fourth-order valence-electron chi connectivity index (χ4n) is 4.02. The van der Waals surface area contributed by atoms with Gasteiger partial charge in [-0.2, -0.15) is 5.10 Å². The van der Waals surface area contributed by atoms with E-state index in [-0.39, 0.29) is 11.9 Å². The third kappa shape index (κ3) is 4.01. The number of hydrogen-bond acceptors (Lipinski definition) is 5. The number of anilines is 1. The lowest BCUT2D eigenvalue weighted by atomic mass is 9.86. The molecule has 1 unspecified atom stereocenters. The number of nitrogens with zero attached hydrogens (tertiary/aromatic N) is 3. The molecule has 1 aromatic heterocycles. The fourth-order valence-corrected chi connectivity index (χ4v) is 4.02. The van der Waals surface area contributed by atoms with Gasteiger partial charge >= 0.3 is 6.03 Å². The van der Waals surface area contributed by atoms with Crippen molar-refractivity contribution < 1.29 is 19.0 Å². The summed E-state index contributed by atoms with van der Waals surface area (Å²) in [5.41, 5.74) is 4.01. The summed E-state index contributed by atoms with van der Waals surface area (Å²) in [7, 11) is 6.53. The first-order valence-corrected chi connectivity index (χ1v) is 9.96. The highest BCUT2D eigenvalue weighted by Crippen LogP contribution is 2.40. The summed E-state index contributed by atoms with van der Waals surface area (Å²) in [6.07, 6.45) is 3.87. The Hall–Kier alpha value is -3.68. The number of nitrogens with one attached hydrogen (secondary N) is 1. The molecule has 8 nitrogen and oxygen atoms in total. The maximum atomic E-state index is 13.2. The predicted molar refractivity (Wildman–Crippen MR) is 117 cm³/mol. The number of hydrogen-bond donors (Lipinski definition) is 1. The molecule has 1 N–H and O–H groups in total. The topological polar surface area (TPSA) is 77.9 Å². The summed E-state index contributed by atoms with van der Waals surface area (Å²) < 4.78 is 17.9. The van der Waals surface area contributed by atoms with Crippen LogP contribution in [-0.4, -0.2) is 48.6 Å². The van der Waals surface area contributed by atoms with Crippen molar-refractivity contribution in [2.24, 2.45) is 7.05 Å². The maximum absolute atomic E-state index is 13.2. The van der Waals surface area contributed by atoms with Gasteiger partial charge < -0.3 is 24.4 Å². The SMILES string of the molecule is COc1cc(NC(=O)N2Cc3ccccc3C(c3cnn(C)c3)C2)cc(OC)c1OC. The lowest BCUT2D eigenvalue weighted by Gasteiger charge is -2.34. The molecule has 31 heavy (non-hydrogen) atoms. The molecule has 0 saturated heterocycles. The number of rotatable bonds is 5. The van der Waals surface area contributed by atoms with Gasteiger partial charge in [0.15, 0.2) is 11.5 Å². The van der Waals surface area contributed by atoms with Gasteiger partial charge in [0.2, 0.25) is 5.75 Å². The van der Waals surface area contributed by atoms with Crippen molar-refractivity contribution in [1.82, 2.24) is 14.7 Å². The number of benzene rings is 2. The van der Waals surface area contributed by atoms with Crippen molar-refractivity contribution in [1.29, 1.82) is 0 Å². The summed E-state index contributed by atoms with van der Waals surface area (Å²) in [5.74, 6) is 1.50. The van der Waals surface area contributed by atoms with Crippen LogP contribution < -0.4 is 19.5 Å². The third-order valence-electron chi connectivity index (χ3n) is 5.53. The van der Waals surface area contributed by atoms with Crippen LogP contribution in [0.15, 0.2) is 48.8 Å². The number of carbonyl (C=O) groups is 1. The molecule has 0 radical (unpaired) electrons. The molecule has 0 aliphatic carbocycles.